The minimum Gasteiger partial charge on any atom is -1.00 e. The standard InChI is InChI=1S/C21H25.C10H8O.C4H10Si.2ClH.Ti/c1-20(2,3)16-9-7-14-11-15-8-10-17(21(4,5)6)13-19(15)18(14)12-16;11-10-6-5-8-3-1-2-4-9(8)7-10;1-3-5-4-2;;;/h7-13H,1-6H3;1-7,11H;3-4H2,1-2H3;2*1H;/q-1;;;;;+2/p-2. The van der Waals surface area contributed by atoms with Crippen molar-refractivity contribution in [2.45, 2.75) is 78.3 Å². The fourth-order valence-corrected chi connectivity index (χ4v) is 4.86. The number of hydrogen-bond acceptors (Lipinski definition) is 1. The molecule has 0 radical (unpaired) electrons. The van der Waals surface area contributed by atoms with E-state index in [2.05, 4.69) is 117 Å². The molecule has 1 N–H and O–H groups in total. The van der Waals surface area contributed by atoms with Gasteiger partial charge >= 0.3 is 51.3 Å². The molecule has 0 aliphatic carbocycles. The third-order valence-electron chi connectivity index (χ3n) is 7.03. The van der Waals surface area contributed by atoms with Crippen molar-refractivity contribution in [1.82, 2.24) is 0 Å². The van der Waals surface area contributed by atoms with E-state index < -0.39 is 0 Å². The van der Waals surface area contributed by atoms with Gasteiger partial charge in [0.2, 0.25) is 0 Å². The van der Waals surface area contributed by atoms with Gasteiger partial charge in [0.1, 0.15) is 5.75 Å². The van der Waals surface area contributed by atoms with Gasteiger partial charge in [-0.15, -0.1) is 39.7 Å². The molecule has 1 nitrogen and oxygen atoms in total. The van der Waals surface area contributed by atoms with Gasteiger partial charge in [0.25, 0.3) is 0 Å². The zero-order valence-corrected chi connectivity index (χ0v) is 29.3. The van der Waals surface area contributed by atoms with Crippen molar-refractivity contribution in [2.75, 3.05) is 0 Å². The molecule has 0 aliphatic heterocycles. The van der Waals surface area contributed by atoms with Crippen molar-refractivity contribution in [1.29, 1.82) is 0 Å². The number of aromatic hydroxyl groups is 1. The predicted molar refractivity (Wildman–Crippen MR) is 167 cm³/mol. The minimum atomic E-state index is 0. The van der Waals surface area contributed by atoms with Crippen LogP contribution in [0.1, 0.15) is 66.5 Å². The fourth-order valence-electron chi connectivity index (χ4n) is 4.36. The summed E-state index contributed by atoms with van der Waals surface area (Å²) < 4.78 is 0. The maximum absolute atomic E-state index is 9.13. The molecule has 0 fully saturated rings. The maximum Gasteiger partial charge on any atom is 0.116 e. The van der Waals surface area contributed by atoms with Gasteiger partial charge in [-0.3, -0.25) is 0 Å². The predicted octanol–water partition coefficient (Wildman–Crippen LogP) is 4.42. The SMILES string of the molecule is CC(C)(C)c1ccc2[cH-]c3ccc(C(C)(C)C)cc3c2c1.CC[Si](=[Ti+2])CC.Oc1ccc2ccccc2c1.[Cl-].[Cl-]. The molecule has 0 bridgehead atoms. The normalized spacial score (nSPS) is 11.1. The Labute approximate surface area is 266 Å². The average Bonchev–Trinajstić information content (AvgIpc) is 3.25. The number of benzene rings is 4. The molecule has 0 saturated heterocycles. The first-order chi connectivity index (χ1) is 17.8. The summed E-state index contributed by atoms with van der Waals surface area (Å²) in [5.74, 6) is 0.323. The van der Waals surface area contributed by atoms with Crippen LogP contribution in [0.3, 0.4) is 0 Å². The molecule has 0 atom stereocenters. The van der Waals surface area contributed by atoms with E-state index in [1.165, 1.54) is 44.8 Å². The van der Waals surface area contributed by atoms with Gasteiger partial charge in [-0.1, -0.05) is 107 Å². The summed E-state index contributed by atoms with van der Waals surface area (Å²) in [5, 5.41) is 16.9. The first kappa shape index (κ1) is 36.3. The van der Waals surface area contributed by atoms with Gasteiger partial charge in [-0.2, -0.15) is 0 Å². The molecule has 0 saturated carbocycles. The van der Waals surface area contributed by atoms with Crippen molar-refractivity contribution in [3.63, 3.8) is 0 Å². The summed E-state index contributed by atoms with van der Waals surface area (Å²) in [6.45, 7) is 18.2. The molecule has 212 valence electrons. The van der Waals surface area contributed by atoms with E-state index in [0.29, 0.717) is 5.75 Å². The summed E-state index contributed by atoms with van der Waals surface area (Å²) in [4.78, 5) is 0. The van der Waals surface area contributed by atoms with Crippen LogP contribution in [0.25, 0.3) is 32.3 Å². The van der Waals surface area contributed by atoms with Gasteiger partial charge in [0, 0.05) is 0 Å². The summed E-state index contributed by atoms with van der Waals surface area (Å²) in [6.07, 6.45) is 0.132. The van der Waals surface area contributed by atoms with Gasteiger partial charge < -0.3 is 29.9 Å². The summed E-state index contributed by atoms with van der Waals surface area (Å²) >= 11 is 2.38. The van der Waals surface area contributed by atoms with E-state index >= 15 is 0 Å². The number of fused-ring (bicyclic) bond motifs is 4. The molecule has 5 aromatic rings. The second kappa shape index (κ2) is 15.5. The van der Waals surface area contributed by atoms with E-state index in [1.54, 1.807) is 12.1 Å². The summed E-state index contributed by atoms with van der Waals surface area (Å²) in [7, 11) is 0. The Hall–Kier alpha value is -1.68. The summed E-state index contributed by atoms with van der Waals surface area (Å²) in [5.41, 5.74) is 3.20. The second-order valence-electron chi connectivity index (χ2n) is 12.1. The second-order valence-corrected chi connectivity index (χ2v) is 18.0. The Bertz CT molecular complexity index is 1470. The molecular formula is C35H43Cl2OSiTi-. The van der Waals surface area contributed by atoms with Gasteiger partial charge in [-0.25, -0.2) is 0 Å². The van der Waals surface area contributed by atoms with Crippen LogP contribution in [0.4, 0.5) is 0 Å². The Morgan fingerprint density at radius 2 is 1.10 bits per heavy atom. The number of rotatable bonds is 2. The first-order valence-electron chi connectivity index (χ1n) is 13.7. The Balaban J connectivity index is 0.000000354. The van der Waals surface area contributed by atoms with E-state index in [9.17, 15) is 0 Å². The van der Waals surface area contributed by atoms with Crippen LogP contribution < -0.4 is 24.8 Å². The van der Waals surface area contributed by atoms with Gasteiger partial charge in [-0.05, 0) is 33.7 Å². The van der Waals surface area contributed by atoms with Gasteiger partial charge in [0.15, 0.2) is 0 Å². The van der Waals surface area contributed by atoms with Crippen LogP contribution in [0.2, 0.25) is 12.1 Å². The molecule has 0 aliphatic rings. The van der Waals surface area contributed by atoms with E-state index in [4.69, 9.17) is 5.11 Å². The Morgan fingerprint density at radius 1 is 0.650 bits per heavy atom. The molecule has 40 heavy (non-hydrogen) atoms. The fraction of sp³-hybridized carbons (Fsp3) is 0.343. The third kappa shape index (κ3) is 9.71. The zero-order valence-electron chi connectivity index (χ0n) is 25.2. The number of halogens is 2. The smallest absolute Gasteiger partial charge is 0.116 e. The molecule has 5 rings (SSSR count). The van der Waals surface area contributed by atoms with Crippen LogP contribution in [-0.2, 0) is 30.0 Å². The average molecular weight is 627 g/mol. The van der Waals surface area contributed by atoms with Crippen LogP contribution in [0.5, 0.6) is 5.75 Å². The quantitative estimate of drug-likeness (QED) is 0.227. The van der Waals surface area contributed by atoms with Crippen LogP contribution in [0.15, 0.2) is 84.9 Å². The van der Waals surface area contributed by atoms with E-state index in [-0.39, 0.29) is 41.8 Å². The Morgan fingerprint density at radius 3 is 1.50 bits per heavy atom. The van der Waals surface area contributed by atoms with Gasteiger partial charge in [0.05, 0.1) is 0 Å². The van der Waals surface area contributed by atoms with Crippen molar-refractivity contribution >= 4 is 38.5 Å². The molecule has 0 spiro atoms. The topological polar surface area (TPSA) is 20.2 Å². The monoisotopic (exact) mass is 625 g/mol. The third-order valence-corrected chi connectivity index (χ3v) is 12.0. The maximum atomic E-state index is 9.13. The summed E-state index contributed by atoms with van der Waals surface area (Å²) in [6, 6.07) is 32.3. The van der Waals surface area contributed by atoms with Crippen LogP contribution >= 0.6 is 0 Å². The molecular weight excluding hydrogens is 583 g/mol. The van der Waals surface area contributed by atoms with Crippen LogP contribution in [-0.4, -0.2) is 11.3 Å². The van der Waals surface area contributed by atoms with Crippen molar-refractivity contribution in [2.24, 2.45) is 0 Å². The molecule has 0 unspecified atom stereocenters. The first-order valence-corrected chi connectivity index (χ1v) is 18.0. The largest absolute Gasteiger partial charge is 1.00 e. The van der Waals surface area contributed by atoms with Crippen molar-refractivity contribution in [3.8, 4) is 5.75 Å². The van der Waals surface area contributed by atoms with Crippen molar-refractivity contribution in [3.05, 3.63) is 96.1 Å². The molecule has 5 heteroatoms. The van der Waals surface area contributed by atoms with Crippen molar-refractivity contribution < 1.29 is 49.1 Å². The van der Waals surface area contributed by atoms with Crippen LogP contribution in [0, 0.1) is 0 Å². The van der Waals surface area contributed by atoms with E-state index in [1.807, 2.05) is 30.3 Å². The minimum absolute atomic E-state index is 0. The zero-order chi connectivity index (χ0) is 28.1. The molecule has 0 aromatic heterocycles. The number of hydrogen-bond donors (Lipinski definition) is 1. The van der Waals surface area contributed by atoms with E-state index in [0.717, 1.165) is 10.8 Å². The number of phenolic OH excluding ortho intramolecular Hbond substituents is 1. The molecule has 5 aromatic carbocycles. The number of phenols is 1. The molecule has 0 heterocycles. The molecule has 0 amide bonds. The Kier molecular flexibility index (Phi) is 14.1.